The van der Waals surface area contributed by atoms with Gasteiger partial charge in [-0.1, -0.05) is 50.3 Å². The molecule has 0 radical (unpaired) electrons. The molecule has 0 aromatic carbocycles. The Morgan fingerprint density at radius 3 is 2.71 bits per heavy atom. The maximum atomic E-state index is 10.0. The highest BCUT2D eigenvalue weighted by Crippen LogP contribution is 2.38. The van der Waals surface area contributed by atoms with Crippen LogP contribution in [0.4, 0.5) is 0 Å². The summed E-state index contributed by atoms with van der Waals surface area (Å²) in [5, 5.41) is 10.0. The first-order valence-electron chi connectivity index (χ1n) is 6.61. The van der Waals surface area contributed by atoms with Gasteiger partial charge in [0.1, 0.15) is 0 Å². The second-order valence-electron chi connectivity index (χ2n) is 5.95. The fourth-order valence-corrected chi connectivity index (χ4v) is 2.60. The van der Waals surface area contributed by atoms with Crippen molar-refractivity contribution in [1.29, 1.82) is 0 Å². The molecule has 0 aromatic rings. The van der Waals surface area contributed by atoms with Crippen LogP contribution >= 0.6 is 0 Å². The molecule has 0 bridgehead atoms. The van der Waals surface area contributed by atoms with Gasteiger partial charge in [-0.2, -0.15) is 0 Å². The highest BCUT2D eigenvalue weighted by molar-refractivity contribution is 5.22. The van der Waals surface area contributed by atoms with Gasteiger partial charge in [0.15, 0.2) is 0 Å². The predicted octanol–water partition coefficient (Wildman–Crippen LogP) is 4.25. The van der Waals surface area contributed by atoms with E-state index in [0.717, 1.165) is 24.8 Å². The summed E-state index contributed by atoms with van der Waals surface area (Å²) in [5.74, 6) is 0.438. The van der Waals surface area contributed by atoms with Crippen molar-refractivity contribution in [3.8, 4) is 0 Å². The zero-order valence-electron chi connectivity index (χ0n) is 11.4. The molecule has 17 heavy (non-hydrogen) atoms. The molecule has 1 aliphatic carbocycles. The first kappa shape index (κ1) is 14.2. The first-order chi connectivity index (χ1) is 7.94. The fraction of sp³-hybridized carbons (Fsp3) is 0.625. The smallest absolute Gasteiger partial charge is 0.0551 e. The van der Waals surface area contributed by atoms with Gasteiger partial charge in [-0.05, 0) is 43.9 Å². The minimum atomic E-state index is -0.177. The summed E-state index contributed by atoms with van der Waals surface area (Å²) >= 11 is 0. The molecule has 0 saturated heterocycles. The van der Waals surface area contributed by atoms with Gasteiger partial charge in [-0.15, -0.1) is 0 Å². The van der Waals surface area contributed by atoms with Crippen molar-refractivity contribution < 1.29 is 5.11 Å². The quantitative estimate of drug-likeness (QED) is 0.571. The average molecular weight is 234 g/mol. The average Bonchev–Trinajstić information content (AvgIpc) is 2.36. The van der Waals surface area contributed by atoms with Crippen LogP contribution in [-0.2, 0) is 0 Å². The van der Waals surface area contributed by atoms with Gasteiger partial charge in [0.25, 0.3) is 0 Å². The van der Waals surface area contributed by atoms with E-state index >= 15 is 0 Å². The third kappa shape index (κ3) is 4.91. The number of aliphatic hydroxyl groups is 1. The molecule has 96 valence electrons. The number of aliphatic hydroxyl groups excluding tert-OH is 1. The molecule has 1 heteroatoms. The Labute approximate surface area is 106 Å². The van der Waals surface area contributed by atoms with Crippen molar-refractivity contribution in [3.05, 3.63) is 36.5 Å². The lowest BCUT2D eigenvalue weighted by Gasteiger charge is -2.23. The zero-order valence-corrected chi connectivity index (χ0v) is 11.4. The molecule has 1 saturated carbocycles. The van der Waals surface area contributed by atoms with E-state index in [0.29, 0.717) is 5.92 Å². The van der Waals surface area contributed by atoms with Gasteiger partial charge in [0.2, 0.25) is 0 Å². The van der Waals surface area contributed by atoms with Crippen LogP contribution in [0.5, 0.6) is 0 Å². The predicted molar refractivity (Wildman–Crippen MR) is 74.8 cm³/mol. The molecule has 1 N–H and O–H groups in total. The first-order valence-corrected chi connectivity index (χ1v) is 6.61. The van der Waals surface area contributed by atoms with Crippen LogP contribution < -0.4 is 0 Å². The summed E-state index contributed by atoms with van der Waals surface area (Å²) in [6.07, 6.45) is 12.0. The molecular weight excluding hydrogens is 208 g/mol. The Kier molecular flexibility index (Phi) is 5.20. The molecule has 1 aliphatic rings. The molecule has 1 nitrogen and oxygen atoms in total. The molecule has 0 aliphatic heterocycles. The molecular formula is C16H26O. The molecule has 0 aromatic heterocycles. The SMILES string of the molecule is C=C(C=CC=CC)C1CCC(C)(C)CC(O)C1. The van der Waals surface area contributed by atoms with Crippen LogP contribution in [0.25, 0.3) is 0 Å². The summed E-state index contributed by atoms with van der Waals surface area (Å²) in [7, 11) is 0. The largest absolute Gasteiger partial charge is 0.393 e. The minimum Gasteiger partial charge on any atom is -0.393 e. The van der Waals surface area contributed by atoms with Gasteiger partial charge in [-0.25, -0.2) is 0 Å². The number of hydrogen-bond acceptors (Lipinski definition) is 1. The van der Waals surface area contributed by atoms with Gasteiger partial charge in [0, 0.05) is 0 Å². The maximum Gasteiger partial charge on any atom is 0.0551 e. The highest BCUT2D eigenvalue weighted by atomic mass is 16.3. The second-order valence-corrected chi connectivity index (χ2v) is 5.95. The Balaban J connectivity index is 2.62. The van der Waals surface area contributed by atoms with Crippen LogP contribution in [0.15, 0.2) is 36.5 Å². The summed E-state index contributed by atoms with van der Waals surface area (Å²) in [4.78, 5) is 0. The Morgan fingerprint density at radius 1 is 1.35 bits per heavy atom. The van der Waals surface area contributed by atoms with Crippen LogP contribution in [0.1, 0.15) is 46.5 Å². The summed E-state index contributed by atoms with van der Waals surface area (Å²) in [5.41, 5.74) is 1.42. The third-order valence-corrected chi connectivity index (χ3v) is 3.65. The van der Waals surface area contributed by atoms with Crippen molar-refractivity contribution in [1.82, 2.24) is 0 Å². The van der Waals surface area contributed by atoms with Gasteiger partial charge < -0.3 is 5.11 Å². The maximum absolute atomic E-state index is 10.0. The summed E-state index contributed by atoms with van der Waals surface area (Å²) in [6.45, 7) is 10.6. The fourth-order valence-electron chi connectivity index (χ4n) is 2.60. The van der Waals surface area contributed by atoms with Crippen LogP contribution in [-0.4, -0.2) is 11.2 Å². The summed E-state index contributed by atoms with van der Waals surface area (Å²) in [6, 6.07) is 0. The molecule has 2 atom stereocenters. The lowest BCUT2D eigenvalue weighted by molar-refractivity contribution is 0.112. The number of rotatable bonds is 3. The molecule has 0 heterocycles. The Morgan fingerprint density at radius 2 is 2.06 bits per heavy atom. The van der Waals surface area contributed by atoms with Gasteiger partial charge in [0.05, 0.1) is 6.10 Å². The lowest BCUT2D eigenvalue weighted by atomic mass is 9.84. The molecule has 0 amide bonds. The Hall–Kier alpha value is -0.820. The minimum absolute atomic E-state index is 0.177. The van der Waals surface area contributed by atoms with Crippen molar-refractivity contribution in [2.24, 2.45) is 11.3 Å². The molecule has 0 spiro atoms. The standard InChI is InChI=1S/C16H26O/c1-5-6-7-8-13(2)14-9-10-16(3,4)12-15(17)11-14/h5-8,14-15,17H,2,9-12H2,1,3-4H3. The van der Waals surface area contributed by atoms with Crippen LogP contribution in [0, 0.1) is 11.3 Å². The van der Waals surface area contributed by atoms with E-state index in [4.69, 9.17) is 0 Å². The summed E-state index contributed by atoms with van der Waals surface area (Å²) < 4.78 is 0. The van der Waals surface area contributed by atoms with E-state index < -0.39 is 0 Å². The van der Waals surface area contributed by atoms with Gasteiger partial charge >= 0.3 is 0 Å². The topological polar surface area (TPSA) is 20.2 Å². The Bertz CT molecular complexity index is 309. The second kappa shape index (κ2) is 6.20. The van der Waals surface area contributed by atoms with E-state index in [9.17, 15) is 5.11 Å². The van der Waals surface area contributed by atoms with E-state index in [-0.39, 0.29) is 11.5 Å². The van der Waals surface area contributed by atoms with Gasteiger partial charge in [-0.3, -0.25) is 0 Å². The van der Waals surface area contributed by atoms with Crippen molar-refractivity contribution in [3.63, 3.8) is 0 Å². The van der Waals surface area contributed by atoms with Crippen molar-refractivity contribution >= 4 is 0 Å². The molecule has 1 rings (SSSR count). The van der Waals surface area contributed by atoms with E-state index in [1.807, 2.05) is 25.2 Å². The van der Waals surface area contributed by atoms with E-state index in [1.165, 1.54) is 6.42 Å². The van der Waals surface area contributed by atoms with Crippen LogP contribution in [0.3, 0.4) is 0 Å². The molecule has 1 fully saturated rings. The lowest BCUT2D eigenvalue weighted by Crippen LogP contribution is -2.17. The van der Waals surface area contributed by atoms with E-state index in [2.05, 4.69) is 26.5 Å². The molecule has 2 unspecified atom stereocenters. The number of allylic oxidation sites excluding steroid dienone is 5. The number of hydrogen-bond donors (Lipinski definition) is 1. The van der Waals surface area contributed by atoms with Crippen LogP contribution in [0.2, 0.25) is 0 Å². The monoisotopic (exact) mass is 234 g/mol. The van der Waals surface area contributed by atoms with Crippen molar-refractivity contribution in [2.45, 2.75) is 52.6 Å². The highest BCUT2D eigenvalue weighted by Gasteiger charge is 2.29. The normalized spacial score (nSPS) is 29.6. The zero-order chi connectivity index (χ0) is 12.9. The third-order valence-electron chi connectivity index (χ3n) is 3.65. The van der Waals surface area contributed by atoms with Crippen molar-refractivity contribution in [2.75, 3.05) is 0 Å². The van der Waals surface area contributed by atoms with E-state index in [1.54, 1.807) is 0 Å².